The fourth-order valence-corrected chi connectivity index (χ4v) is 3.60. The predicted octanol–water partition coefficient (Wildman–Crippen LogP) is 3.18. The largest absolute Gasteiger partial charge is 0.372 e. The number of anilines is 1. The monoisotopic (exact) mass is 393 g/mol. The Labute approximate surface area is 171 Å². The molecule has 6 nitrogen and oxygen atoms in total. The van der Waals surface area contributed by atoms with Gasteiger partial charge in [-0.05, 0) is 43.7 Å². The van der Waals surface area contributed by atoms with Crippen LogP contribution in [0.3, 0.4) is 0 Å². The molecule has 0 unspecified atom stereocenters. The first-order chi connectivity index (χ1) is 14.0. The van der Waals surface area contributed by atoms with Crippen molar-refractivity contribution >= 4 is 23.4 Å². The molecule has 2 aromatic rings. The molecule has 0 radical (unpaired) electrons. The molecule has 0 aliphatic carbocycles. The summed E-state index contributed by atoms with van der Waals surface area (Å²) in [5.74, 6) is -0.754. The maximum atomic E-state index is 12.5. The molecule has 0 aromatic heterocycles. The standard InChI is InChI=1S/C23H27N3O3/c1-4-25(5-2)18-12-10-17(11-13-18)16-24(3)21(27)14-15-26-22(28)19-8-6-7-9-20(19)23(26)29/h6-13H,4-5,14-16H2,1-3H3. The number of imide groups is 1. The zero-order chi connectivity index (χ0) is 21.0. The van der Waals surface area contributed by atoms with Crippen LogP contribution < -0.4 is 4.90 Å². The fourth-order valence-electron chi connectivity index (χ4n) is 3.60. The first-order valence-electron chi connectivity index (χ1n) is 9.99. The average molecular weight is 393 g/mol. The van der Waals surface area contributed by atoms with Crippen molar-refractivity contribution in [2.45, 2.75) is 26.8 Å². The van der Waals surface area contributed by atoms with Gasteiger partial charge in [0.25, 0.3) is 11.8 Å². The van der Waals surface area contributed by atoms with E-state index >= 15 is 0 Å². The number of hydrogen-bond acceptors (Lipinski definition) is 4. The lowest BCUT2D eigenvalue weighted by atomic mass is 10.1. The minimum absolute atomic E-state index is 0.0937. The van der Waals surface area contributed by atoms with Crippen LogP contribution in [0.1, 0.15) is 46.5 Å². The van der Waals surface area contributed by atoms with Crippen molar-refractivity contribution in [1.29, 1.82) is 0 Å². The van der Waals surface area contributed by atoms with E-state index in [0.29, 0.717) is 17.7 Å². The molecule has 1 heterocycles. The van der Waals surface area contributed by atoms with Gasteiger partial charge in [-0.15, -0.1) is 0 Å². The van der Waals surface area contributed by atoms with Crippen LogP contribution >= 0.6 is 0 Å². The van der Waals surface area contributed by atoms with E-state index in [0.717, 1.165) is 23.6 Å². The number of amides is 3. The Morgan fingerprint density at radius 3 is 1.97 bits per heavy atom. The Morgan fingerprint density at radius 1 is 0.897 bits per heavy atom. The minimum Gasteiger partial charge on any atom is -0.372 e. The summed E-state index contributed by atoms with van der Waals surface area (Å²) in [5.41, 5.74) is 3.02. The third-order valence-corrected chi connectivity index (χ3v) is 5.34. The summed E-state index contributed by atoms with van der Waals surface area (Å²) < 4.78 is 0. The van der Waals surface area contributed by atoms with Gasteiger partial charge in [-0.3, -0.25) is 19.3 Å². The number of hydrogen-bond donors (Lipinski definition) is 0. The van der Waals surface area contributed by atoms with Crippen LogP contribution in [0.4, 0.5) is 5.69 Å². The van der Waals surface area contributed by atoms with E-state index in [-0.39, 0.29) is 30.7 Å². The van der Waals surface area contributed by atoms with Crippen LogP contribution in [-0.4, -0.2) is 54.2 Å². The lowest BCUT2D eigenvalue weighted by Gasteiger charge is -2.22. The van der Waals surface area contributed by atoms with Crippen LogP contribution in [0.15, 0.2) is 48.5 Å². The smallest absolute Gasteiger partial charge is 0.261 e. The van der Waals surface area contributed by atoms with Crippen molar-refractivity contribution in [3.05, 3.63) is 65.2 Å². The van der Waals surface area contributed by atoms with Crippen molar-refractivity contribution < 1.29 is 14.4 Å². The molecular formula is C23H27N3O3. The highest BCUT2D eigenvalue weighted by molar-refractivity contribution is 6.21. The first-order valence-corrected chi connectivity index (χ1v) is 9.99. The van der Waals surface area contributed by atoms with Gasteiger partial charge < -0.3 is 9.80 Å². The summed E-state index contributed by atoms with van der Waals surface area (Å²) in [4.78, 5) is 42.4. The summed E-state index contributed by atoms with van der Waals surface area (Å²) in [6.07, 6.45) is 0.111. The molecule has 3 amide bonds. The Bertz CT molecular complexity index is 869. The number of rotatable bonds is 8. The molecule has 0 saturated heterocycles. The van der Waals surface area contributed by atoms with Crippen LogP contribution in [0.25, 0.3) is 0 Å². The van der Waals surface area contributed by atoms with Gasteiger partial charge >= 0.3 is 0 Å². The lowest BCUT2D eigenvalue weighted by Crippen LogP contribution is -2.35. The molecule has 1 aliphatic rings. The maximum Gasteiger partial charge on any atom is 0.261 e. The summed E-state index contributed by atoms with van der Waals surface area (Å²) >= 11 is 0. The molecule has 0 spiro atoms. The summed E-state index contributed by atoms with van der Waals surface area (Å²) in [6, 6.07) is 15.0. The normalized spacial score (nSPS) is 12.9. The average Bonchev–Trinajstić information content (AvgIpc) is 2.98. The van der Waals surface area contributed by atoms with Gasteiger partial charge in [-0.2, -0.15) is 0 Å². The van der Waals surface area contributed by atoms with Crippen molar-refractivity contribution in [3.63, 3.8) is 0 Å². The number of fused-ring (bicyclic) bond motifs is 1. The Kier molecular flexibility index (Phi) is 6.32. The SMILES string of the molecule is CCN(CC)c1ccc(CN(C)C(=O)CCN2C(=O)c3ccccc3C2=O)cc1. The predicted molar refractivity (Wildman–Crippen MR) is 113 cm³/mol. The molecule has 1 aliphatic heterocycles. The van der Waals surface area contributed by atoms with Crippen molar-refractivity contribution in [2.24, 2.45) is 0 Å². The van der Waals surface area contributed by atoms with Gasteiger partial charge in [-0.25, -0.2) is 0 Å². The first kappa shape index (κ1) is 20.6. The summed E-state index contributed by atoms with van der Waals surface area (Å²) in [5, 5.41) is 0. The van der Waals surface area contributed by atoms with Crippen molar-refractivity contribution in [3.8, 4) is 0 Å². The van der Waals surface area contributed by atoms with Crippen LogP contribution in [-0.2, 0) is 11.3 Å². The molecule has 6 heteroatoms. The van der Waals surface area contributed by atoms with E-state index in [1.165, 1.54) is 5.69 Å². The minimum atomic E-state index is -0.326. The molecule has 3 rings (SSSR count). The van der Waals surface area contributed by atoms with Crippen LogP contribution in [0.2, 0.25) is 0 Å². The molecule has 152 valence electrons. The van der Waals surface area contributed by atoms with Crippen LogP contribution in [0, 0.1) is 0 Å². The van der Waals surface area contributed by atoms with Gasteiger partial charge in [0.1, 0.15) is 0 Å². The molecular weight excluding hydrogens is 366 g/mol. The van der Waals surface area contributed by atoms with Gasteiger partial charge in [0.15, 0.2) is 0 Å². The van der Waals surface area contributed by atoms with E-state index in [2.05, 4.69) is 30.9 Å². The molecule has 2 aromatic carbocycles. The Hall–Kier alpha value is -3.15. The molecule has 29 heavy (non-hydrogen) atoms. The zero-order valence-corrected chi connectivity index (χ0v) is 17.2. The van der Waals surface area contributed by atoms with E-state index in [9.17, 15) is 14.4 Å². The topological polar surface area (TPSA) is 60.9 Å². The van der Waals surface area contributed by atoms with Crippen LogP contribution in [0.5, 0.6) is 0 Å². The second-order valence-electron chi connectivity index (χ2n) is 7.15. The van der Waals surface area contributed by atoms with Gasteiger partial charge in [0.05, 0.1) is 11.1 Å². The highest BCUT2D eigenvalue weighted by Crippen LogP contribution is 2.22. The van der Waals surface area contributed by atoms with Gasteiger partial charge in [-0.1, -0.05) is 24.3 Å². The summed E-state index contributed by atoms with van der Waals surface area (Å²) in [7, 11) is 1.74. The van der Waals surface area contributed by atoms with Gasteiger partial charge in [0.2, 0.25) is 5.91 Å². The number of nitrogens with zero attached hydrogens (tertiary/aromatic N) is 3. The van der Waals surface area contributed by atoms with Crippen molar-refractivity contribution in [1.82, 2.24) is 9.80 Å². The zero-order valence-electron chi connectivity index (χ0n) is 17.2. The molecule has 0 atom stereocenters. The van der Waals surface area contributed by atoms with Gasteiger partial charge in [0, 0.05) is 45.3 Å². The van der Waals surface area contributed by atoms with E-state index < -0.39 is 0 Å². The number of carbonyl (C=O) groups excluding carboxylic acids is 3. The van der Waals surface area contributed by atoms with E-state index in [1.54, 1.807) is 36.2 Å². The second kappa shape index (κ2) is 8.90. The molecule has 0 fully saturated rings. The third kappa shape index (κ3) is 4.31. The summed E-state index contributed by atoms with van der Waals surface area (Å²) in [6.45, 7) is 6.73. The maximum absolute atomic E-state index is 12.5. The van der Waals surface area contributed by atoms with E-state index in [4.69, 9.17) is 0 Å². The third-order valence-electron chi connectivity index (χ3n) is 5.34. The molecule has 0 N–H and O–H groups in total. The quantitative estimate of drug-likeness (QED) is 0.647. The van der Waals surface area contributed by atoms with Crippen molar-refractivity contribution in [2.75, 3.05) is 31.6 Å². The molecule has 0 saturated carbocycles. The fraction of sp³-hybridized carbons (Fsp3) is 0.348. The highest BCUT2D eigenvalue weighted by Gasteiger charge is 2.35. The Balaban J connectivity index is 1.55. The second-order valence-corrected chi connectivity index (χ2v) is 7.15. The number of benzene rings is 2. The molecule has 0 bridgehead atoms. The lowest BCUT2D eigenvalue weighted by molar-refractivity contribution is -0.130. The highest BCUT2D eigenvalue weighted by atomic mass is 16.2. The number of carbonyl (C=O) groups is 3. The Morgan fingerprint density at radius 2 is 1.45 bits per heavy atom. The van der Waals surface area contributed by atoms with E-state index in [1.807, 2.05) is 12.1 Å².